The monoisotopic (exact) mass is 430 g/mol. The van der Waals surface area contributed by atoms with Gasteiger partial charge in [0.1, 0.15) is 5.75 Å². The van der Waals surface area contributed by atoms with Gasteiger partial charge in [0.15, 0.2) is 16.4 Å². The molecule has 7 nitrogen and oxygen atoms in total. The zero-order valence-corrected chi connectivity index (χ0v) is 18.4. The Morgan fingerprint density at radius 3 is 2.63 bits per heavy atom. The predicted octanol–water partition coefficient (Wildman–Crippen LogP) is 3.24. The highest BCUT2D eigenvalue weighted by molar-refractivity contribution is 7.92. The highest BCUT2D eigenvalue weighted by Gasteiger charge is 2.31. The van der Waals surface area contributed by atoms with Gasteiger partial charge >= 0.3 is 0 Å². The first-order valence-electron chi connectivity index (χ1n) is 9.81. The number of nitrogens with one attached hydrogen (secondary N) is 1. The number of fused-ring (bicyclic) bond motifs is 1. The third-order valence-electron chi connectivity index (χ3n) is 5.14. The van der Waals surface area contributed by atoms with Crippen LogP contribution in [0.5, 0.6) is 5.75 Å². The molecule has 160 valence electrons. The number of ether oxygens (including phenoxy) is 1. The SMILES string of the molecule is CCN(C(=O)C[C@@H](C)S(=O)(=O)c1cc2c(cc1C)NC(=O)CO2)c1cccc(C)c1. The molecular weight excluding hydrogens is 404 g/mol. The molecule has 0 aromatic heterocycles. The predicted molar refractivity (Wildman–Crippen MR) is 116 cm³/mol. The van der Waals surface area contributed by atoms with Crippen molar-refractivity contribution in [3.8, 4) is 5.75 Å². The van der Waals surface area contributed by atoms with Gasteiger partial charge in [0.25, 0.3) is 5.91 Å². The lowest BCUT2D eigenvalue weighted by Crippen LogP contribution is -2.35. The van der Waals surface area contributed by atoms with E-state index in [9.17, 15) is 18.0 Å². The standard InChI is InChI=1S/C22H26N2O5S/c1-5-24(17-8-6-7-14(2)9-17)22(26)11-16(4)30(27,28)20-12-19-18(10-15(20)3)23-21(25)13-29-19/h6-10,12,16H,5,11,13H2,1-4H3,(H,23,25)/t16-/m1/s1. The van der Waals surface area contributed by atoms with Crippen LogP contribution < -0.4 is 15.0 Å². The van der Waals surface area contributed by atoms with E-state index in [0.29, 0.717) is 23.5 Å². The smallest absolute Gasteiger partial charge is 0.262 e. The van der Waals surface area contributed by atoms with Crippen molar-refractivity contribution < 1.29 is 22.7 Å². The Labute approximate surface area is 177 Å². The lowest BCUT2D eigenvalue weighted by molar-refractivity contribution is -0.119. The van der Waals surface area contributed by atoms with E-state index >= 15 is 0 Å². The molecule has 1 aliphatic heterocycles. The van der Waals surface area contributed by atoms with Crippen molar-refractivity contribution in [3.05, 3.63) is 47.5 Å². The molecule has 2 aromatic rings. The molecular formula is C22H26N2O5S. The number of carbonyl (C=O) groups is 2. The molecule has 1 atom stereocenters. The number of amides is 2. The topological polar surface area (TPSA) is 92.8 Å². The Balaban J connectivity index is 1.84. The summed E-state index contributed by atoms with van der Waals surface area (Å²) in [4.78, 5) is 26.1. The number of aryl methyl sites for hydroxylation is 2. The largest absolute Gasteiger partial charge is 0.482 e. The van der Waals surface area contributed by atoms with Crippen LogP contribution in [0.1, 0.15) is 31.4 Å². The molecule has 1 N–H and O–H groups in total. The summed E-state index contributed by atoms with van der Waals surface area (Å²) in [5.41, 5.74) is 2.71. The Bertz CT molecular complexity index is 1090. The number of rotatable bonds is 6. The molecule has 2 amide bonds. The average molecular weight is 431 g/mol. The minimum Gasteiger partial charge on any atom is -0.482 e. The first-order chi connectivity index (χ1) is 14.1. The maximum atomic E-state index is 13.2. The molecule has 0 spiro atoms. The highest BCUT2D eigenvalue weighted by atomic mass is 32.2. The van der Waals surface area contributed by atoms with Crippen LogP contribution in [0, 0.1) is 13.8 Å². The maximum Gasteiger partial charge on any atom is 0.262 e. The third kappa shape index (κ3) is 4.33. The van der Waals surface area contributed by atoms with E-state index in [-0.39, 0.29) is 29.7 Å². The quantitative estimate of drug-likeness (QED) is 0.759. The van der Waals surface area contributed by atoms with Crippen LogP contribution in [0.15, 0.2) is 41.3 Å². The van der Waals surface area contributed by atoms with Crippen molar-refractivity contribution in [1.82, 2.24) is 0 Å². The molecule has 1 heterocycles. The van der Waals surface area contributed by atoms with Gasteiger partial charge in [-0.15, -0.1) is 0 Å². The second kappa shape index (κ2) is 8.47. The molecule has 0 fully saturated rings. The van der Waals surface area contributed by atoms with Gasteiger partial charge < -0.3 is 15.0 Å². The number of hydrogen-bond donors (Lipinski definition) is 1. The molecule has 30 heavy (non-hydrogen) atoms. The van der Waals surface area contributed by atoms with Crippen molar-refractivity contribution in [1.29, 1.82) is 0 Å². The Hall–Kier alpha value is -2.87. The summed E-state index contributed by atoms with van der Waals surface area (Å²) in [6.45, 7) is 7.29. The van der Waals surface area contributed by atoms with Crippen LogP contribution in [-0.2, 0) is 19.4 Å². The maximum absolute atomic E-state index is 13.2. The van der Waals surface area contributed by atoms with E-state index < -0.39 is 15.1 Å². The summed E-state index contributed by atoms with van der Waals surface area (Å²) in [6.07, 6.45) is -0.141. The van der Waals surface area contributed by atoms with Gasteiger partial charge in [-0.1, -0.05) is 12.1 Å². The van der Waals surface area contributed by atoms with E-state index in [1.807, 2.05) is 38.1 Å². The van der Waals surface area contributed by atoms with E-state index in [1.165, 1.54) is 6.07 Å². The van der Waals surface area contributed by atoms with Gasteiger partial charge in [0.05, 0.1) is 15.8 Å². The van der Waals surface area contributed by atoms with Crippen LogP contribution >= 0.6 is 0 Å². The zero-order valence-electron chi connectivity index (χ0n) is 17.6. The van der Waals surface area contributed by atoms with Gasteiger partial charge in [-0.3, -0.25) is 9.59 Å². The van der Waals surface area contributed by atoms with Gasteiger partial charge in [-0.05, 0) is 57.0 Å². The van der Waals surface area contributed by atoms with Crippen molar-refractivity contribution >= 4 is 33.0 Å². The average Bonchev–Trinajstić information content (AvgIpc) is 2.67. The fraction of sp³-hybridized carbons (Fsp3) is 0.364. The number of carbonyl (C=O) groups excluding carboxylic acids is 2. The number of sulfone groups is 1. The first-order valence-corrected chi connectivity index (χ1v) is 11.4. The van der Waals surface area contributed by atoms with E-state index in [1.54, 1.807) is 24.8 Å². The van der Waals surface area contributed by atoms with Gasteiger partial charge in [0.2, 0.25) is 5.91 Å². The minimum absolute atomic E-state index is 0.108. The van der Waals surface area contributed by atoms with E-state index in [2.05, 4.69) is 5.32 Å². The molecule has 0 radical (unpaired) electrons. The molecule has 0 aliphatic carbocycles. The van der Waals surface area contributed by atoms with Gasteiger partial charge in [-0.25, -0.2) is 8.42 Å². The van der Waals surface area contributed by atoms with Crippen molar-refractivity contribution in [2.24, 2.45) is 0 Å². The van der Waals surface area contributed by atoms with Crippen molar-refractivity contribution in [2.75, 3.05) is 23.4 Å². The lowest BCUT2D eigenvalue weighted by atomic mass is 10.2. The van der Waals surface area contributed by atoms with Gasteiger partial charge in [0, 0.05) is 24.7 Å². The van der Waals surface area contributed by atoms with Crippen LogP contribution in [0.2, 0.25) is 0 Å². The number of hydrogen-bond acceptors (Lipinski definition) is 5. The molecule has 2 aromatic carbocycles. The number of benzene rings is 2. The summed E-state index contributed by atoms with van der Waals surface area (Å²) < 4.78 is 31.8. The molecule has 3 rings (SSSR count). The number of nitrogens with zero attached hydrogens (tertiary/aromatic N) is 1. The number of anilines is 2. The molecule has 0 saturated heterocycles. The Morgan fingerprint density at radius 1 is 1.23 bits per heavy atom. The van der Waals surface area contributed by atoms with Crippen LogP contribution in [0.25, 0.3) is 0 Å². The summed E-state index contributed by atoms with van der Waals surface area (Å²) in [5, 5.41) is 1.75. The summed E-state index contributed by atoms with van der Waals surface area (Å²) in [5.74, 6) is -0.224. The first kappa shape index (κ1) is 21.8. The van der Waals surface area contributed by atoms with Crippen LogP contribution in [0.4, 0.5) is 11.4 Å². The van der Waals surface area contributed by atoms with Crippen molar-refractivity contribution in [2.45, 2.75) is 44.3 Å². The van der Waals surface area contributed by atoms with Gasteiger partial charge in [-0.2, -0.15) is 0 Å². The summed E-state index contributed by atoms with van der Waals surface area (Å²) >= 11 is 0. The molecule has 0 saturated carbocycles. The summed E-state index contributed by atoms with van der Waals surface area (Å²) in [7, 11) is -3.78. The Morgan fingerprint density at radius 2 is 1.97 bits per heavy atom. The van der Waals surface area contributed by atoms with E-state index in [4.69, 9.17) is 4.74 Å². The molecule has 8 heteroatoms. The molecule has 0 unspecified atom stereocenters. The van der Waals surface area contributed by atoms with Crippen molar-refractivity contribution in [3.63, 3.8) is 0 Å². The second-order valence-electron chi connectivity index (χ2n) is 7.49. The fourth-order valence-electron chi connectivity index (χ4n) is 3.50. The normalized spacial score (nSPS) is 14.3. The Kier molecular flexibility index (Phi) is 6.17. The molecule has 1 aliphatic rings. The second-order valence-corrected chi connectivity index (χ2v) is 9.82. The fourth-order valence-corrected chi connectivity index (χ4v) is 5.08. The van der Waals surface area contributed by atoms with E-state index in [0.717, 1.165) is 11.3 Å². The molecule has 0 bridgehead atoms. The van der Waals surface area contributed by atoms with Crippen LogP contribution in [-0.4, -0.2) is 38.6 Å². The third-order valence-corrected chi connectivity index (χ3v) is 7.42. The summed E-state index contributed by atoms with van der Waals surface area (Å²) in [6, 6.07) is 10.6. The highest BCUT2D eigenvalue weighted by Crippen LogP contribution is 2.34. The zero-order chi connectivity index (χ0) is 22.1. The minimum atomic E-state index is -3.78. The lowest BCUT2D eigenvalue weighted by Gasteiger charge is -2.24. The van der Waals surface area contributed by atoms with Crippen LogP contribution in [0.3, 0.4) is 0 Å².